The molecule has 1 aromatic carbocycles. The minimum Gasteiger partial charge on any atom is -0.326 e. The van der Waals surface area contributed by atoms with Crippen LogP contribution in [0.5, 0.6) is 0 Å². The number of imidazole rings is 1. The predicted molar refractivity (Wildman–Crippen MR) is 87.3 cm³/mol. The fourth-order valence-electron chi connectivity index (χ4n) is 3.04. The number of hydrogen-bond donors (Lipinski definition) is 0. The molecular weight excluding hydrogens is 338 g/mol. The van der Waals surface area contributed by atoms with Gasteiger partial charge in [0.25, 0.3) is 0 Å². The van der Waals surface area contributed by atoms with E-state index in [1.807, 2.05) is 13.0 Å². The van der Waals surface area contributed by atoms with Gasteiger partial charge in [0.15, 0.2) is 0 Å². The van der Waals surface area contributed by atoms with Gasteiger partial charge in [0, 0.05) is 17.6 Å². The van der Waals surface area contributed by atoms with Crippen molar-refractivity contribution in [3.05, 3.63) is 28.5 Å². The van der Waals surface area contributed by atoms with Gasteiger partial charge < -0.3 is 9.47 Å². The Labute approximate surface area is 133 Å². The lowest BCUT2D eigenvalue weighted by molar-refractivity contribution is 0.377. The number of rotatable bonds is 3. The number of alkyl halides is 1. The Morgan fingerprint density at radius 1 is 1.50 bits per heavy atom. The normalized spacial score (nSPS) is 21.7. The lowest BCUT2D eigenvalue weighted by atomic mass is 10.1. The molecule has 1 aromatic heterocycles. The molecule has 0 saturated carbocycles. The maximum atomic E-state index is 6.33. The van der Waals surface area contributed by atoms with Crippen LogP contribution in [-0.4, -0.2) is 34.6 Å². The quantitative estimate of drug-likeness (QED) is 0.774. The summed E-state index contributed by atoms with van der Waals surface area (Å²) in [6.45, 7) is 5.34. The molecule has 0 aliphatic carbocycles. The van der Waals surface area contributed by atoms with Crippen LogP contribution in [0.25, 0.3) is 11.0 Å². The summed E-state index contributed by atoms with van der Waals surface area (Å²) in [7, 11) is 2.19. The highest BCUT2D eigenvalue weighted by Crippen LogP contribution is 2.29. The highest BCUT2D eigenvalue weighted by Gasteiger charge is 2.23. The largest absolute Gasteiger partial charge is 0.326 e. The van der Waals surface area contributed by atoms with Gasteiger partial charge in [-0.25, -0.2) is 4.98 Å². The van der Waals surface area contributed by atoms with Crippen molar-refractivity contribution in [2.45, 2.75) is 25.3 Å². The van der Waals surface area contributed by atoms with Gasteiger partial charge >= 0.3 is 0 Å². The van der Waals surface area contributed by atoms with Crippen LogP contribution in [0, 0.1) is 5.92 Å². The fraction of sp³-hybridized carbons (Fsp3) is 0.533. The van der Waals surface area contributed by atoms with Crippen molar-refractivity contribution in [3.63, 3.8) is 0 Å². The number of halogens is 2. The van der Waals surface area contributed by atoms with E-state index in [0.717, 1.165) is 28.9 Å². The number of benzene rings is 1. The molecule has 2 aromatic rings. The Morgan fingerprint density at radius 3 is 2.95 bits per heavy atom. The molecule has 0 amide bonds. The van der Waals surface area contributed by atoms with Gasteiger partial charge in [0.1, 0.15) is 5.82 Å². The minimum atomic E-state index is -0.0692. The standard InChI is InChI=1S/C15H19BrClN3/c1-10(17)15-18-13-4-3-12(16)7-14(13)20(15)9-11-5-6-19(2)8-11/h3-4,7,10-11H,5-6,8-9H2,1-2H3. The van der Waals surface area contributed by atoms with Crippen molar-refractivity contribution in [3.8, 4) is 0 Å². The van der Waals surface area contributed by atoms with Crippen LogP contribution >= 0.6 is 27.5 Å². The van der Waals surface area contributed by atoms with Gasteiger partial charge in [0.2, 0.25) is 0 Å². The Bertz CT molecular complexity index is 623. The molecule has 0 bridgehead atoms. The third-order valence-corrected chi connectivity index (χ3v) is 4.71. The van der Waals surface area contributed by atoms with Gasteiger partial charge in [-0.05, 0) is 51.1 Å². The second-order valence-electron chi connectivity index (χ2n) is 5.75. The molecule has 108 valence electrons. The summed E-state index contributed by atoms with van der Waals surface area (Å²) >= 11 is 9.88. The molecule has 1 aliphatic rings. The minimum absolute atomic E-state index is 0.0692. The lowest BCUT2D eigenvalue weighted by Crippen LogP contribution is -2.18. The maximum absolute atomic E-state index is 6.33. The molecule has 0 N–H and O–H groups in total. The van der Waals surface area contributed by atoms with E-state index >= 15 is 0 Å². The molecule has 20 heavy (non-hydrogen) atoms. The SMILES string of the molecule is CC(Cl)c1nc2ccc(Br)cc2n1CC1CCN(C)C1. The molecule has 1 aliphatic heterocycles. The highest BCUT2D eigenvalue weighted by atomic mass is 79.9. The Balaban J connectivity index is 2.01. The lowest BCUT2D eigenvalue weighted by Gasteiger charge is -2.15. The molecule has 0 spiro atoms. The first kappa shape index (κ1) is 14.4. The molecule has 2 unspecified atom stereocenters. The molecular formula is C15H19BrClN3. The van der Waals surface area contributed by atoms with E-state index in [1.54, 1.807) is 0 Å². The van der Waals surface area contributed by atoms with Crippen LogP contribution in [0.1, 0.15) is 24.5 Å². The van der Waals surface area contributed by atoms with Crippen LogP contribution in [0.2, 0.25) is 0 Å². The van der Waals surface area contributed by atoms with Crippen molar-refractivity contribution in [2.75, 3.05) is 20.1 Å². The summed E-state index contributed by atoms with van der Waals surface area (Å²) < 4.78 is 3.39. The second kappa shape index (κ2) is 5.66. The summed E-state index contributed by atoms with van der Waals surface area (Å²) in [5.74, 6) is 1.67. The average Bonchev–Trinajstić information content (AvgIpc) is 2.95. The Kier molecular flexibility index (Phi) is 4.07. The number of aromatic nitrogens is 2. The second-order valence-corrected chi connectivity index (χ2v) is 7.32. The average molecular weight is 357 g/mol. The number of nitrogens with zero attached hydrogens (tertiary/aromatic N) is 3. The molecule has 1 fully saturated rings. The smallest absolute Gasteiger partial charge is 0.127 e. The molecule has 1 saturated heterocycles. The van der Waals surface area contributed by atoms with Gasteiger partial charge in [-0.1, -0.05) is 15.9 Å². The zero-order chi connectivity index (χ0) is 14.3. The van der Waals surface area contributed by atoms with Crippen molar-refractivity contribution < 1.29 is 0 Å². The number of likely N-dealkylation sites (tertiary alicyclic amines) is 1. The number of fused-ring (bicyclic) bond motifs is 1. The first-order valence-electron chi connectivity index (χ1n) is 7.03. The molecule has 3 nitrogen and oxygen atoms in total. The molecule has 0 radical (unpaired) electrons. The van der Waals surface area contributed by atoms with E-state index in [2.05, 4.69) is 44.6 Å². The van der Waals surface area contributed by atoms with Gasteiger partial charge in [-0.15, -0.1) is 11.6 Å². The zero-order valence-corrected chi connectivity index (χ0v) is 14.2. The summed E-state index contributed by atoms with van der Waals surface area (Å²) in [6.07, 6.45) is 1.25. The van der Waals surface area contributed by atoms with Crippen LogP contribution in [0.15, 0.2) is 22.7 Å². The summed E-state index contributed by atoms with van der Waals surface area (Å²) in [5, 5.41) is -0.0692. The molecule has 2 heterocycles. The monoisotopic (exact) mass is 355 g/mol. The fourth-order valence-corrected chi connectivity index (χ4v) is 3.56. The number of hydrogen-bond acceptors (Lipinski definition) is 2. The Hall–Kier alpha value is -0.580. The summed E-state index contributed by atoms with van der Waals surface area (Å²) in [5.41, 5.74) is 2.21. The third kappa shape index (κ3) is 2.74. The van der Waals surface area contributed by atoms with E-state index in [-0.39, 0.29) is 5.38 Å². The molecule has 5 heteroatoms. The maximum Gasteiger partial charge on any atom is 0.127 e. The highest BCUT2D eigenvalue weighted by molar-refractivity contribution is 9.10. The summed E-state index contributed by atoms with van der Waals surface area (Å²) in [6, 6.07) is 6.23. The molecule has 3 rings (SSSR count). The van der Waals surface area contributed by atoms with Crippen molar-refractivity contribution >= 4 is 38.6 Å². The summed E-state index contributed by atoms with van der Waals surface area (Å²) in [4.78, 5) is 7.10. The van der Waals surface area contributed by atoms with Crippen LogP contribution in [-0.2, 0) is 6.54 Å². The third-order valence-electron chi connectivity index (χ3n) is 4.03. The van der Waals surface area contributed by atoms with E-state index in [1.165, 1.54) is 18.5 Å². The van der Waals surface area contributed by atoms with E-state index in [0.29, 0.717) is 5.92 Å². The van der Waals surface area contributed by atoms with Crippen LogP contribution in [0.4, 0.5) is 0 Å². The first-order chi connectivity index (χ1) is 9.54. The van der Waals surface area contributed by atoms with E-state index < -0.39 is 0 Å². The van der Waals surface area contributed by atoms with Gasteiger partial charge in [-0.2, -0.15) is 0 Å². The predicted octanol–water partition coefficient (Wildman–Crippen LogP) is 4.05. The van der Waals surface area contributed by atoms with Crippen molar-refractivity contribution in [1.29, 1.82) is 0 Å². The topological polar surface area (TPSA) is 21.1 Å². The first-order valence-corrected chi connectivity index (χ1v) is 8.26. The van der Waals surface area contributed by atoms with Crippen molar-refractivity contribution in [2.24, 2.45) is 5.92 Å². The zero-order valence-electron chi connectivity index (χ0n) is 11.8. The molecule has 2 atom stereocenters. The van der Waals surface area contributed by atoms with Crippen LogP contribution < -0.4 is 0 Å². The van der Waals surface area contributed by atoms with Crippen LogP contribution in [0.3, 0.4) is 0 Å². The van der Waals surface area contributed by atoms with Gasteiger partial charge in [-0.3, -0.25) is 0 Å². The Morgan fingerprint density at radius 2 is 2.30 bits per heavy atom. The van der Waals surface area contributed by atoms with E-state index in [9.17, 15) is 0 Å². The van der Waals surface area contributed by atoms with E-state index in [4.69, 9.17) is 16.6 Å². The van der Waals surface area contributed by atoms with Crippen molar-refractivity contribution in [1.82, 2.24) is 14.5 Å². The van der Waals surface area contributed by atoms with Gasteiger partial charge in [0.05, 0.1) is 16.4 Å².